The molecule has 0 N–H and O–H groups in total. The number of hydrogen-bond donors (Lipinski definition) is 0. The van der Waals surface area contributed by atoms with E-state index in [0.717, 1.165) is 12.1 Å². The highest BCUT2D eigenvalue weighted by atomic mass is 32.2. The van der Waals surface area contributed by atoms with Crippen LogP contribution in [0.15, 0.2) is 36.5 Å². The number of halogens is 2. The van der Waals surface area contributed by atoms with Crippen LogP contribution in [0, 0.1) is 23.0 Å². The van der Waals surface area contributed by atoms with E-state index < -0.39 is 33.5 Å². The number of sulfonamides is 1. The molecule has 2 aromatic rings. The molecule has 1 atom stereocenters. The summed E-state index contributed by atoms with van der Waals surface area (Å²) >= 11 is 0. The molecule has 0 spiro atoms. The van der Waals surface area contributed by atoms with Gasteiger partial charge in [-0.1, -0.05) is 0 Å². The van der Waals surface area contributed by atoms with Crippen LogP contribution >= 0.6 is 0 Å². The molecule has 0 bridgehead atoms. The topological polar surface area (TPSA) is 83.3 Å². The molecule has 1 aromatic heterocycles. The molecular weight excluding hydrogens is 364 g/mol. The molecule has 0 aliphatic carbocycles. The Bertz CT molecular complexity index is 940. The first-order valence-electron chi connectivity index (χ1n) is 7.81. The first kappa shape index (κ1) is 18.2. The number of pyridine rings is 1. The molecule has 1 saturated heterocycles. The van der Waals surface area contributed by atoms with Crippen LogP contribution < -0.4 is 4.74 Å². The molecule has 1 aliphatic rings. The average Bonchev–Trinajstić information content (AvgIpc) is 3.03. The highest BCUT2D eigenvalue weighted by molar-refractivity contribution is 7.88. The van der Waals surface area contributed by atoms with Crippen molar-refractivity contribution in [2.75, 3.05) is 13.1 Å². The largest absolute Gasteiger partial charge is 0.473 e. The van der Waals surface area contributed by atoms with Crippen molar-refractivity contribution >= 4 is 10.0 Å². The maximum Gasteiger partial charge on any atom is 0.218 e. The third-order valence-corrected chi connectivity index (χ3v) is 5.74. The lowest BCUT2D eigenvalue weighted by Crippen LogP contribution is -2.32. The van der Waals surface area contributed by atoms with Gasteiger partial charge in [0.25, 0.3) is 0 Å². The van der Waals surface area contributed by atoms with Crippen molar-refractivity contribution in [1.29, 1.82) is 5.26 Å². The molecule has 1 aliphatic heterocycles. The lowest BCUT2D eigenvalue weighted by Gasteiger charge is -2.17. The summed E-state index contributed by atoms with van der Waals surface area (Å²) in [5, 5.41) is 8.88. The summed E-state index contributed by atoms with van der Waals surface area (Å²) in [7, 11) is -3.74. The smallest absolute Gasteiger partial charge is 0.218 e. The number of rotatable bonds is 5. The molecule has 1 aromatic carbocycles. The molecule has 26 heavy (non-hydrogen) atoms. The molecule has 3 rings (SSSR count). The second-order valence-electron chi connectivity index (χ2n) is 5.92. The van der Waals surface area contributed by atoms with Crippen LogP contribution in [0.25, 0.3) is 0 Å². The number of nitriles is 1. The van der Waals surface area contributed by atoms with Gasteiger partial charge >= 0.3 is 0 Å². The zero-order chi connectivity index (χ0) is 18.7. The van der Waals surface area contributed by atoms with E-state index in [1.54, 1.807) is 0 Å². The van der Waals surface area contributed by atoms with Crippen molar-refractivity contribution in [3.8, 4) is 11.9 Å². The van der Waals surface area contributed by atoms with Gasteiger partial charge in [-0.05, 0) is 30.2 Å². The van der Waals surface area contributed by atoms with Crippen LogP contribution in [0.2, 0.25) is 0 Å². The lowest BCUT2D eigenvalue weighted by molar-refractivity contribution is 0.207. The van der Waals surface area contributed by atoms with Crippen molar-refractivity contribution in [1.82, 2.24) is 9.29 Å². The van der Waals surface area contributed by atoms with Gasteiger partial charge in [0, 0.05) is 24.9 Å². The highest BCUT2D eigenvalue weighted by Gasteiger charge is 2.33. The third kappa shape index (κ3) is 4.33. The number of nitrogens with zero attached hydrogens (tertiary/aromatic N) is 3. The summed E-state index contributed by atoms with van der Waals surface area (Å²) in [6.07, 6.45) is 1.49. The number of hydrogen-bond acceptors (Lipinski definition) is 5. The van der Waals surface area contributed by atoms with Crippen molar-refractivity contribution in [3.05, 3.63) is 59.3 Å². The molecule has 0 saturated carbocycles. The van der Waals surface area contributed by atoms with E-state index in [0.29, 0.717) is 18.1 Å². The Morgan fingerprint density at radius 1 is 1.27 bits per heavy atom. The molecule has 0 amide bonds. The second-order valence-corrected chi connectivity index (χ2v) is 7.88. The van der Waals surface area contributed by atoms with Gasteiger partial charge < -0.3 is 4.74 Å². The maximum atomic E-state index is 13.2. The van der Waals surface area contributed by atoms with Gasteiger partial charge in [0.1, 0.15) is 17.7 Å². The molecule has 2 heterocycles. The van der Waals surface area contributed by atoms with Crippen LogP contribution in [0.3, 0.4) is 0 Å². The average molecular weight is 379 g/mol. The Morgan fingerprint density at radius 3 is 2.69 bits per heavy atom. The minimum absolute atomic E-state index is 0.0512. The summed E-state index contributed by atoms with van der Waals surface area (Å²) in [5.74, 6) is -1.88. The fraction of sp³-hybridized carbons (Fsp3) is 0.294. The molecule has 1 unspecified atom stereocenters. The van der Waals surface area contributed by atoms with Crippen molar-refractivity contribution in [2.45, 2.75) is 18.3 Å². The van der Waals surface area contributed by atoms with Gasteiger partial charge in [0.05, 0.1) is 23.9 Å². The van der Waals surface area contributed by atoms with Crippen LogP contribution in [0.4, 0.5) is 8.78 Å². The molecular formula is C17H15F2N3O3S. The van der Waals surface area contributed by atoms with Crippen LogP contribution in [0.1, 0.15) is 17.5 Å². The second kappa shape index (κ2) is 7.35. The van der Waals surface area contributed by atoms with Crippen molar-refractivity contribution < 1.29 is 21.9 Å². The Balaban J connectivity index is 1.66. The summed E-state index contributed by atoms with van der Waals surface area (Å²) < 4.78 is 58.4. The van der Waals surface area contributed by atoms with Crippen LogP contribution in [-0.2, 0) is 15.8 Å². The SMILES string of the molecule is N#Cc1ccnc(OC2CCN(S(=O)(=O)Cc3cc(F)cc(F)c3)C2)c1. The minimum atomic E-state index is -3.74. The Kier molecular flexibility index (Phi) is 5.15. The van der Waals surface area contributed by atoms with Gasteiger partial charge in [-0.3, -0.25) is 0 Å². The summed E-state index contributed by atoms with van der Waals surface area (Å²) in [4.78, 5) is 4.00. The molecule has 6 nitrogen and oxygen atoms in total. The molecule has 0 radical (unpaired) electrons. The minimum Gasteiger partial charge on any atom is -0.473 e. The summed E-state index contributed by atoms with van der Waals surface area (Å²) in [5.41, 5.74) is 0.445. The number of benzene rings is 1. The summed E-state index contributed by atoms with van der Waals surface area (Å²) in [6.45, 7) is 0.349. The van der Waals surface area contributed by atoms with E-state index in [1.807, 2.05) is 6.07 Å². The fourth-order valence-corrected chi connectivity index (χ4v) is 4.30. The monoisotopic (exact) mass is 379 g/mol. The van der Waals surface area contributed by atoms with Crippen molar-refractivity contribution in [2.24, 2.45) is 0 Å². The van der Waals surface area contributed by atoms with Gasteiger partial charge in [-0.2, -0.15) is 9.57 Å². The van der Waals surface area contributed by atoms with E-state index in [-0.39, 0.29) is 24.5 Å². The molecule has 1 fully saturated rings. The Labute approximate surface area is 149 Å². The van der Waals surface area contributed by atoms with Gasteiger partial charge in [-0.15, -0.1) is 0 Å². The van der Waals surface area contributed by atoms with Gasteiger partial charge in [-0.25, -0.2) is 22.2 Å². The quantitative estimate of drug-likeness (QED) is 0.795. The van der Waals surface area contributed by atoms with E-state index in [2.05, 4.69) is 4.98 Å². The molecule has 136 valence electrons. The Hall–Kier alpha value is -2.57. The van der Waals surface area contributed by atoms with E-state index in [9.17, 15) is 17.2 Å². The normalized spacial score (nSPS) is 17.8. The van der Waals surface area contributed by atoms with E-state index in [1.165, 1.54) is 22.6 Å². The van der Waals surface area contributed by atoms with E-state index in [4.69, 9.17) is 10.00 Å². The third-order valence-electron chi connectivity index (χ3n) is 3.92. The van der Waals surface area contributed by atoms with Gasteiger partial charge in [0.2, 0.25) is 15.9 Å². The first-order valence-corrected chi connectivity index (χ1v) is 9.42. The van der Waals surface area contributed by atoms with Crippen LogP contribution in [-0.4, -0.2) is 36.9 Å². The molecule has 9 heteroatoms. The predicted octanol–water partition coefficient (Wildman–Crippen LogP) is 2.21. The highest BCUT2D eigenvalue weighted by Crippen LogP contribution is 2.22. The zero-order valence-electron chi connectivity index (χ0n) is 13.6. The maximum absolute atomic E-state index is 13.2. The first-order chi connectivity index (χ1) is 12.4. The van der Waals surface area contributed by atoms with Crippen molar-refractivity contribution in [3.63, 3.8) is 0 Å². The Morgan fingerprint density at radius 2 is 2.00 bits per heavy atom. The standard InChI is InChI=1S/C17H15F2N3O3S/c18-14-5-13(6-15(19)8-14)11-26(23,24)22-4-2-16(10-22)25-17-7-12(9-20)1-3-21-17/h1,3,5-8,16H,2,4,10-11H2. The fourth-order valence-electron chi connectivity index (χ4n) is 2.76. The zero-order valence-corrected chi connectivity index (χ0v) is 14.4. The number of ether oxygens (including phenoxy) is 1. The number of aromatic nitrogens is 1. The van der Waals surface area contributed by atoms with Crippen LogP contribution in [0.5, 0.6) is 5.88 Å². The lowest BCUT2D eigenvalue weighted by atomic mass is 10.2. The van der Waals surface area contributed by atoms with Gasteiger partial charge in [0.15, 0.2) is 0 Å². The summed E-state index contributed by atoms with van der Waals surface area (Å²) in [6, 6.07) is 7.69. The van der Waals surface area contributed by atoms with E-state index >= 15 is 0 Å². The predicted molar refractivity (Wildman–Crippen MR) is 88.5 cm³/mol.